The number of hydrogen-bond donors (Lipinski definition) is 0. The number of hydrogen-bond acceptors (Lipinski definition) is 0. The smallest absolute Gasteiger partial charge is 0.0257 e. The van der Waals surface area contributed by atoms with Gasteiger partial charge in [-0.2, -0.15) is 0 Å². The molecule has 0 radical (unpaired) electrons. The zero-order chi connectivity index (χ0) is 5.98. The Balaban J connectivity index is 2.87. The summed E-state index contributed by atoms with van der Waals surface area (Å²) in [5.74, 6) is 0. The molecule has 1 rings (SSSR count). The molecular weight excluding hydrogens is 96.1 g/mol. The third-order valence-electron chi connectivity index (χ3n) is 1.08. The summed E-state index contributed by atoms with van der Waals surface area (Å²) in [6, 6.07) is 0. The molecule has 40 valence electrons. The van der Waals surface area contributed by atoms with Crippen molar-refractivity contribution in [3.05, 3.63) is 48.6 Å². The Bertz CT molecular complexity index is 180. The van der Waals surface area contributed by atoms with E-state index in [1.54, 1.807) is 0 Å². The summed E-state index contributed by atoms with van der Waals surface area (Å²) >= 11 is 0. The maximum atomic E-state index is 3.74. The van der Waals surface area contributed by atoms with E-state index in [-0.39, 0.29) is 0 Å². The second kappa shape index (κ2) is 1.83. The average Bonchev–Trinajstić information content (AvgIpc) is 2.14. The Labute approximate surface area is 49.5 Å². The van der Waals surface area contributed by atoms with Crippen molar-refractivity contribution in [1.82, 2.24) is 0 Å². The SMILES string of the molecule is C=CC1=CC(=C)C=C1. The van der Waals surface area contributed by atoms with Crippen LogP contribution in [0, 0.1) is 0 Å². The zero-order valence-electron chi connectivity index (χ0n) is 4.72. The molecule has 0 aliphatic heterocycles. The molecular formula is C8H8. The summed E-state index contributed by atoms with van der Waals surface area (Å²) in [6.45, 7) is 7.36. The van der Waals surface area contributed by atoms with Gasteiger partial charge in [-0.1, -0.05) is 31.4 Å². The van der Waals surface area contributed by atoms with Gasteiger partial charge in [0.1, 0.15) is 0 Å². The van der Waals surface area contributed by atoms with Crippen molar-refractivity contribution in [1.29, 1.82) is 0 Å². The molecule has 0 N–H and O–H groups in total. The van der Waals surface area contributed by atoms with E-state index < -0.39 is 0 Å². The molecule has 0 saturated heterocycles. The lowest BCUT2D eigenvalue weighted by atomic mass is 10.3. The van der Waals surface area contributed by atoms with Crippen LogP contribution in [0.4, 0.5) is 0 Å². The molecule has 0 unspecified atom stereocenters. The zero-order valence-corrected chi connectivity index (χ0v) is 4.72. The third kappa shape index (κ3) is 0.784. The van der Waals surface area contributed by atoms with Gasteiger partial charge in [0.2, 0.25) is 0 Å². The quantitative estimate of drug-likeness (QED) is 0.478. The first kappa shape index (κ1) is 5.10. The van der Waals surface area contributed by atoms with Gasteiger partial charge in [-0.05, 0) is 17.2 Å². The Morgan fingerprint density at radius 3 is 2.38 bits per heavy atom. The van der Waals surface area contributed by atoms with Crippen molar-refractivity contribution in [2.24, 2.45) is 0 Å². The van der Waals surface area contributed by atoms with Crippen molar-refractivity contribution < 1.29 is 0 Å². The van der Waals surface area contributed by atoms with Crippen molar-refractivity contribution >= 4 is 0 Å². The van der Waals surface area contributed by atoms with Crippen molar-refractivity contribution in [2.75, 3.05) is 0 Å². The van der Waals surface area contributed by atoms with Crippen LogP contribution in [0.15, 0.2) is 48.6 Å². The Morgan fingerprint density at radius 1 is 1.38 bits per heavy atom. The van der Waals surface area contributed by atoms with Gasteiger partial charge in [0, 0.05) is 0 Å². The molecule has 0 fully saturated rings. The standard InChI is InChI=1S/C8H8/c1-3-8-5-4-7(2)6-8/h3-6H,1-2H2. The Morgan fingerprint density at radius 2 is 2.12 bits per heavy atom. The van der Waals surface area contributed by atoms with Gasteiger partial charge < -0.3 is 0 Å². The average molecular weight is 104 g/mol. The molecule has 0 aromatic heterocycles. The highest BCUT2D eigenvalue weighted by molar-refractivity contribution is 5.48. The third-order valence-corrected chi connectivity index (χ3v) is 1.08. The number of rotatable bonds is 1. The van der Waals surface area contributed by atoms with E-state index >= 15 is 0 Å². The summed E-state index contributed by atoms with van der Waals surface area (Å²) in [5.41, 5.74) is 2.20. The van der Waals surface area contributed by atoms with Crippen LogP contribution in [-0.4, -0.2) is 0 Å². The molecule has 0 spiro atoms. The summed E-state index contributed by atoms with van der Waals surface area (Å²) < 4.78 is 0. The van der Waals surface area contributed by atoms with Crippen LogP contribution in [0.1, 0.15) is 0 Å². The van der Waals surface area contributed by atoms with E-state index in [2.05, 4.69) is 13.2 Å². The second-order valence-electron chi connectivity index (χ2n) is 1.76. The lowest BCUT2D eigenvalue weighted by molar-refractivity contribution is 1.77. The molecule has 1 aliphatic carbocycles. The molecule has 0 heteroatoms. The largest absolute Gasteiger partial charge is 0.0985 e. The minimum Gasteiger partial charge on any atom is -0.0985 e. The van der Waals surface area contributed by atoms with E-state index in [9.17, 15) is 0 Å². The monoisotopic (exact) mass is 104 g/mol. The predicted octanol–water partition coefficient (Wildman–Crippen LogP) is 2.22. The van der Waals surface area contributed by atoms with Crippen LogP contribution in [-0.2, 0) is 0 Å². The molecule has 0 bridgehead atoms. The van der Waals surface area contributed by atoms with Crippen molar-refractivity contribution in [3.63, 3.8) is 0 Å². The van der Waals surface area contributed by atoms with Crippen LogP contribution in [0.3, 0.4) is 0 Å². The highest BCUT2D eigenvalue weighted by Gasteiger charge is 1.92. The van der Waals surface area contributed by atoms with Crippen molar-refractivity contribution in [2.45, 2.75) is 0 Å². The topological polar surface area (TPSA) is 0 Å². The first-order valence-electron chi connectivity index (χ1n) is 2.54. The minimum absolute atomic E-state index is 1.06. The molecule has 0 amide bonds. The molecule has 0 aromatic rings. The molecule has 0 saturated carbocycles. The molecule has 0 atom stereocenters. The molecule has 8 heavy (non-hydrogen) atoms. The summed E-state index contributed by atoms with van der Waals surface area (Å²) in [5, 5.41) is 0. The van der Waals surface area contributed by atoms with E-state index in [1.165, 1.54) is 0 Å². The normalized spacial score (nSPS) is 16.5. The van der Waals surface area contributed by atoms with E-state index in [0.29, 0.717) is 0 Å². The van der Waals surface area contributed by atoms with Gasteiger partial charge in [-0.25, -0.2) is 0 Å². The van der Waals surface area contributed by atoms with Crippen LogP contribution >= 0.6 is 0 Å². The van der Waals surface area contributed by atoms with Crippen LogP contribution in [0.25, 0.3) is 0 Å². The van der Waals surface area contributed by atoms with Gasteiger partial charge in [-0.3, -0.25) is 0 Å². The fraction of sp³-hybridized carbons (Fsp3) is 0. The van der Waals surface area contributed by atoms with Gasteiger partial charge in [0.15, 0.2) is 0 Å². The lowest BCUT2D eigenvalue weighted by Gasteiger charge is -1.79. The van der Waals surface area contributed by atoms with Crippen LogP contribution in [0.2, 0.25) is 0 Å². The first-order chi connectivity index (χ1) is 3.83. The summed E-state index contributed by atoms with van der Waals surface area (Å²) in [7, 11) is 0. The minimum atomic E-state index is 1.06. The van der Waals surface area contributed by atoms with Gasteiger partial charge >= 0.3 is 0 Å². The maximum Gasteiger partial charge on any atom is -0.0257 e. The van der Waals surface area contributed by atoms with Crippen LogP contribution in [0.5, 0.6) is 0 Å². The second-order valence-corrected chi connectivity index (χ2v) is 1.76. The van der Waals surface area contributed by atoms with Crippen LogP contribution < -0.4 is 0 Å². The summed E-state index contributed by atoms with van der Waals surface area (Å²) in [4.78, 5) is 0. The fourth-order valence-electron chi connectivity index (χ4n) is 0.641. The highest BCUT2D eigenvalue weighted by atomic mass is 14.0. The number of allylic oxidation sites excluding steroid dienone is 6. The van der Waals surface area contributed by atoms with Crippen molar-refractivity contribution in [3.8, 4) is 0 Å². The molecule has 0 aromatic carbocycles. The maximum absolute atomic E-state index is 3.74. The van der Waals surface area contributed by atoms with Gasteiger partial charge in [-0.15, -0.1) is 0 Å². The predicted molar refractivity (Wildman–Crippen MR) is 36.6 cm³/mol. The molecule has 1 aliphatic rings. The Hall–Kier alpha value is -1.04. The Kier molecular flexibility index (Phi) is 1.17. The van der Waals surface area contributed by atoms with E-state index in [0.717, 1.165) is 11.1 Å². The van der Waals surface area contributed by atoms with Gasteiger partial charge in [0.25, 0.3) is 0 Å². The van der Waals surface area contributed by atoms with E-state index in [1.807, 2.05) is 24.3 Å². The lowest BCUT2D eigenvalue weighted by Crippen LogP contribution is -1.59. The fourth-order valence-corrected chi connectivity index (χ4v) is 0.641. The highest BCUT2D eigenvalue weighted by Crippen LogP contribution is 2.12. The molecule has 0 nitrogen and oxygen atoms in total. The molecule has 0 heterocycles. The van der Waals surface area contributed by atoms with Gasteiger partial charge in [0.05, 0.1) is 0 Å². The van der Waals surface area contributed by atoms with E-state index in [4.69, 9.17) is 0 Å². The first-order valence-corrected chi connectivity index (χ1v) is 2.54. The summed E-state index contributed by atoms with van der Waals surface area (Å²) in [6.07, 6.45) is 7.77.